The standard InChI is InChI=1S/C21H33N/c1-2-18-9-13-20(14-10-18)21-15-11-19(12-16-21)8-6-4-3-5-7-17-22/h3-5,7,18-21H,2,6,8-16H2,1H3/t18-,19-,20-,21-. The summed E-state index contributed by atoms with van der Waals surface area (Å²) >= 11 is 0. The van der Waals surface area contributed by atoms with Gasteiger partial charge in [0.1, 0.15) is 0 Å². The lowest BCUT2D eigenvalue weighted by Gasteiger charge is -2.37. The monoisotopic (exact) mass is 299 g/mol. The van der Waals surface area contributed by atoms with Crippen molar-refractivity contribution in [3.63, 3.8) is 0 Å². The maximum Gasteiger partial charge on any atom is 0.0912 e. The third-order valence-electron chi connectivity index (χ3n) is 6.19. The molecule has 0 N–H and O–H groups in total. The minimum Gasteiger partial charge on any atom is -0.193 e. The molecule has 122 valence electrons. The first-order chi connectivity index (χ1) is 10.8. The highest BCUT2D eigenvalue weighted by Gasteiger charge is 2.30. The van der Waals surface area contributed by atoms with Gasteiger partial charge in [-0.25, -0.2) is 0 Å². The summed E-state index contributed by atoms with van der Waals surface area (Å²) in [4.78, 5) is 0. The molecule has 0 saturated heterocycles. The van der Waals surface area contributed by atoms with E-state index in [4.69, 9.17) is 5.26 Å². The quantitative estimate of drug-likeness (QED) is 0.410. The van der Waals surface area contributed by atoms with Crippen LogP contribution in [0.2, 0.25) is 0 Å². The molecule has 2 aliphatic carbocycles. The van der Waals surface area contributed by atoms with E-state index in [2.05, 4.69) is 13.0 Å². The molecule has 22 heavy (non-hydrogen) atoms. The zero-order valence-electron chi connectivity index (χ0n) is 14.3. The Kier molecular flexibility index (Phi) is 7.78. The highest BCUT2D eigenvalue weighted by atomic mass is 14.4. The van der Waals surface area contributed by atoms with E-state index in [1.54, 1.807) is 0 Å². The third-order valence-corrected chi connectivity index (χ3v) is 6.19. The molecule has 2 fully saturated rings. The SMILES string of the molecule is CC[C@H]1CC[C@H]([C@H]2CC[C@H](CCC=CC=CC#N)CC2)CC1. The van der Waals surface area contributed by atoms with Crippen LogP contribution in [0.1, 0.15) is 77.6 Å². The van der Waals surface area contributed by atoms with Crippen molar-refractivity contribution in [1.82, 2.24) is 0 Å². The second-order valence-electron chi connectivity index (χ2n) is 7.46. The minimum absolute atomic E-state index is 0.952. The highest BCUT2D eigenvalue weighted by Crippen LogP contribution is 2.42. The van der Waals surface area contributed by atoms with Gasteiger partial charge >= 0.3 is 0 Å². The molecule has 0 atom stereocenters. The van der Waals surface area contributed by atoms with Gasteiger partial charge in [0, 0.05) is 6.08 Å². The van der Waals surface area contributed by atoms with Crippen molar-refractivity contribution in [1.29, 1.82) is 5.26 Å². The summed E-state index contributed by atoms with van der Waals surface area (Å²) in [7, 11) is 0. The Hall–Kier alpha value is -1.03. The van der Waals surface area contributed by atoms with E-state index >= 15 is 0 Å². The summed E-state index contributed by atoms with van der Waals surface area (Å²) in [6.45, 7) is 2.36. The van der Waals surface area contributed by atoms with Crippen molar-refractivity contribution < 1.29 is 0 Å². The van der Waals surface area contributed by atoms with Crippen LogP contribution >= 0.6 is 0 Å². The number of rotatable bonds is 6. The van der Waals surface area contributed by atoms with Gasteiger partial charge in [-0.05, 0) is 62.2 Å². The maximum atomic E-state index is 8.42. The fourth-order valence-corrected chi connectivity index (χ4v) is 4.62. The van der Waals surface area contributed by atoms with E-state index in [0.29, 0.717) is 0 Å². The lowest BCUT2D eigenvalue weighted by Crippen LogP contribution is -2.25. The molecule has 0 heterocycles. The number of nitriles is 1. The topological polar surface area (TPSA) is 23.8 Å². The van der Waals surface area contributed by atoms with Crippen LogP contribution in [-0.4, -0.2) is 0 Å². The molecule has 0 amide bonds. The van der Waals surface area contributed by atoms with Crippen molar-refractivity contribution in [2.75, 3.05) is 0 Å². The summed E-state index contributed by atoms with van der Waals surface area (Å²) in [5.41, 5.74) is 0. The Balaban J connectivity index is 1.61. The maximum absolute atomic E-state index is 8.42. The van der Waals surface area contributed by atoms with Crippen LogP contribution in [0.4, 0.5) is 0 Å². The van der Waals surface area contributed by atoms with E-state index in [0.717, 1.165) is 23.7 Å². The fraction of sp³-hybridized carbons (Fsp3) is 0.762. The van der Waals surface area contributed by atoms with E-state index < -0.39 is 0 Å². The molecule has 0 aromatic carbocycles. The second-order valence-corrected chi connectivity index (χ2v) is 7.46. The Labute approximate surface area is 137 Å². The molecule has 0 unspecified atom stereocenters. The van der Waals surface area contributed by atoms with E-state index in [9.17, 15) is 0 Å². The van der Waals surface area contributed by atoms with Gasteiger partial charge in [-0.3, -0.25) is 0 Å². The Morgan fingerprint density at radius 2 is 1.45 bits per heavy atom. The van der Waals surface area contributed by atoms with Gasteiger partial charge in [0.15, 0.2) is 0 Å². The number of nitrogens with zero attached hydrogens (tertiary/aromatic N) is 1. The van der Waals surface area contributed by atoms with Crippen molar-refractivity contribution in [2.45, 2.75) is 77.6 Å². The van der Waals surface area contributed by atoms with Crippen LogP contribution in [-0.2, 0) is 0 Å². The zero-order valence-corrected chi connectivity index (χ0v) is 14.3. The molecule has 0 aromatic rings. The molecule has 0 aromatic heterocycles. The minimum atomic E-state index is 0.952. The molecule has 2 aliphatic rings. The second kappa shape index (κ2) is 9.88. The summed E-state index contributed by atoms with van der Waals surface area (Å²) < 4.78 is 0. The molecule has 0 radical (unpaired) electrons. The Bertz CT molecular complexity index is 385. The van der Waals surface area contributed by atoms with Gasteiger partial charge in [0.2, 0.25) is 0 Å². The Morgan fingerprint density at radius 3 is 2.00 bits per heavy atom. The number of allylic oxidation sites excluding steroid dienone is 4. The van der Waals surface area contributed by atoms with Crippen molar-refractivity contribution in [2.24, 2.45) is 23.7 Å². The molecular formula is C21H33N. The van der Waals surface area contributed by atoms with Crippen LogP contribution in [0.25, 0.3) is 0 Å². The fourth-order valence-electron chi connectivity index (χ4n) is 4.62. The van der Waals surface area contributed by atoms with Crippen LogP contribution in [0.5, 0.6) is 0 Å². The summed E-state index contributed by atoms with van der Waals surface area (Å²) in [6.07, 6.45) is 23.4. The largest absolute Gasteiger partial charge is 0.193 e. The average Bonchev–Trinajstić information content (AvgIpc) is 2.59. The molecule has 0 bridgehead atoms. The van der Waals surface area contributed by atoms with Crippen molar-refractivity contribution in [3.8, 4) is 6.07 Å². The first-order valence-electron chi connectivity index (χ1n) is 9.54. The van der Waals surface area contributed by atoms with Gasteiger partial charge < -0.3 is 0 Å². The van der Waals surface area contributed by atoms with Gasteiger partial charge in [-0.15, -0.1) is 0 Å². The number of hydrogen-bond donors (Lipinski definition) is 0. The van der Waals surface area contributed by atoms with E-state index in [1.807, 2.05) is 18.2 Å². The van der Waals surface area contributed by atoms with Gasteiger partial charge in [-0.1, -0.05) is 57.3 Å². The van der Waals surface area contributed by atoms with Gasteiger partial charge in [0.05, 0.1) is 6.07 Å². The van der Waals surface area contributed by atoms with E-state index in [1.165, 1.54) is 76.7 Å². The van der Waals surface area contributed by atoms with Crippen molar-refractivity contribution >= 4 is 0 Å². The molecule has 2 rings (SSSR count). The smallest absolute Gasteiger partial charge is 0.0912 e. The normalized spacial score (nSPS) is 33.3. The molecule has 0 aliphatic heterocycles. The van der Waals surface area contributed by atoms with Crippen LogP contribution in [0, 0.1) is 35.0 Å². The molecule has 1 nitrogen and oxygen atoms in total. The van der Waals surface area contributed by atoms with Crippen LogP contribution in [0.15, 0.2) is 24.3 Å². The summed E-state index contributed by atoms with van der Waals surface area (Å²) in [5, 5.41) is 8.42. The van der Waals surface area contributed by atoms with Gasteiger partial charge in [-0.2, -0.15) is 5.26 Å². The third kappa shape index (κ3) is 5.64. The first kappa shape index (κ1) is 17.3. The molecule has 2 saturated carbocycles. The average molecular weight is 300 g/mol. The predicted molar refractivity (Wildman–Crippen MR) is 94.3 cm³/mol. The first-order valence-corrected chi connectivity index (χ1v) is 9.54. The van der Waals surface area contributed by atoms with Crippen LogP contribution in [0.3, 0.4) is 0 Å². The Morgan fingerprint density at radius 1 is 0.864 bits per heavy atom. The molecule has 1 heteroatoms. The summed E-state index contributed by atoms with van der Waals surface area (Å²) in [5.74, 6) is 4.09. The van der Waals surface area contributed by atoms with Crippen molar-refractivity contribution in [3.05, 3.63) is 24.3 Å². The molecule has 0 spiro atoms. The number of hydrogen-bond acceptors (Lipinski definition) is 1. The lowest BCUT2D eigenvalue weighted by molar-refractivity contribution is 0.143. The lowest BCUT2D eigenvalue weighted by atomic mass is 9.68. The summed E-state index contributed by atoms with van der Waals surface area (Å²) in [6, 6.07) is 2.02. The molecular weight excluding hydrogens is 266 g/mol. The highest BCUT2D eigenvalue weighted by molar-refractivity contribution is 5.11. The van der Waals surface area contributed by atoms with Crippen LogP contribution < -0.4 is 0 Å². The van der Waals surface area contributed by atoms with E-state index in [-0.39, 0.29) is 0 Å². The predicted octanol–water partition coefficient (Wildman–Crippen LogP) is 6.43. The van der Waals surface area contributed by atoms with Gasteiger partial charge in [0.25, 0.3) is 0 Å². The zero-order chi connectivity index (χ0) is 15.6.